The van der Waals surface area contributed by atoms with E-state index in [1.807, 2.05) is 78.9 Å². The first kappa shape index (κ1) is 28.8. The number of aromatic nitrogens is 2. The number of anilines is 1. The molecule has 0 spiro atoms. The molecule has 5 aromatic rings. The van der Waals surface area contributed by atoms with E-state index in [0.717, 1.165) is 16.7 Å². The summed E-state index contributed by atoms with van der Waals surface area (Å²) >= 11 is 6.18. The molecule has 1 aliphatic heterocycles. The van der Waals surface area contributed by atoms with Gasteiger partial charge in [0.2, 0.25) is 6.23 Å². The van der Waals surface area contributed by atoms with Crippen LogP contribution in [0.4, 0.5) is 5.69 Å². The van der Waals surface area contributed by atoms with E-state index in [-0.39, 0.29) is 18.8 Å². The van der Waals surface area contributed by atoms with Gasteiger partial charge in [0.25, 0.3) is 5.56 Å². The van der Waals surface area contributed by atoms with Crippen LogP contribution in [-0.2, 0) is 17.9 Å². The number of nitrogens with zero attached hydrogens (tertiary/aromatic N) is 4. The maximum atomic E-state index is 14.3. The summed E-state index contributed by atoms with van der Waals surface area (Å²) in [5.41, 5.74) is 2.40. The van der Waals surface area contributed by atoms with Gasteiger partial charge in [-0.05, 0) is 59.7 Å². The lowest BCUT2D eigenvalue weighted by Crippen LogP contribution is -2.45. The third-order valence-electron chi connectivity index (χ3n) is 7.38. The molecule has 0 aliphatic carbocycles. The maximum Gasteiger partial charge on any atom is 0.331 e. The van der Waals surface area contributed by atoms with Gasteiger partial charge >= 0.3 is 5.69 Å². The van der Waals surface area contributed by atoms with E-state index in [1.54, 1.807) is 49.6 Å². The predicted octanol–water partition coefficient (Wildman–Crippen LogP) is 5.67. The Morgan fingerprint density at radius 1 is 0.773 bits per heavy atom. The molecule has 44 heavy (non-hydrogen) atoms. The number of amidine groups is 1. The van der Waals surface area contributed by atoms with Crippen LogP contribution in [0.25, 0.3) is 0 Å². The van der Waals surface area contributed by atoms with Crippen molar-refractivity contribution in [3.63, 3.8) is 0 Å². The minimum Gasteiger partial charge on any atom is -0.497 e. The van der Waals surface area contributed by atoms with E-state index >= 15 is 0 Å². The van der Waals surface area contributed by atoms with Gasteiger partial charge < -0.3 is 14.3 Å². The molecule has 0 saturated heterocycles. The van der Waals surface area contributed by atoms with Gasteiger partial charge in [-0.15, -0.1) is 0 Å². The van der Waals surface area contributed by atoms with E-state index in [1.165, 1.54) is 9.13 Å². The molecule has 4 aromatic carbocycles. The lowest BCUT2D eigenvalue weighted by molar-refractivity contribution is 0.0866. The maximum absolute atomic E-state index is 14.3. The van der Waals surface area contributed by atoms with Crippen LogP contribution in [0.15, 0.2) is 124 Å². The highest BCUT2D eigenvalue weighted by atomic mass is 35.5. The monoisotopic (exact) mass is 608 g/mol. The molecule has 0 bridgehead atoms. The van der Waals surface area contributed by atoms with Gasteiger partial charge in [-0.1, -0.05) is 71.4 Å². The van der Waals surface area contributed by atoms with E-state index in [2.05, 4.69) is 5.16 Å². The minimum absolute atomic E-state index is 0.0518. The number of ether oxygens (including phenoxy) is 2. The standard InChI is InChI=1S/C34H29ClN4O5/c1-42-28-16-8-23(9-17-28)20-37-22-30(32(40)38(34(37)41)21-24-10-18-29(43-2)19-11-24)39-31(25-12-14-27(35)15-13-25)36-44-33(39)26-6-4-3-5-7-26/h3-19,22,33H,20-21H2,1-2H3. The highest BCUT2D eigenvalue weighted by Gasteiger charge is 2.36. The second kappa shape index (κ2) is 12.5. The number of hydrogen-bond acceptors (Lipinski definition) is 7. The van der Waals surface area contributed by atoms with Crippen LogP contribution in [0.2, 0.25) is 5.02 Å². The zero-order chi connectivity index (χ0) is 30.6. The summed E-state index contributed by atoms with van der Waals surface area (Å²) in [6, 6.07) is 31.3. The summed E-state index contributed by atoms with van der Waals surface area (Å²) in [5.74, 6) is 1.80. The van der Waals surface area contributed by atoms with Crippen molar-refractivity contribution in [3.8, 4) is 11.5 Å². The lowest BCUT2D eigenvalue weighted by atomic mass is 10.1. The van der Waals surface area contributed by atoms with Crippen molar-refractivity contribution in [3.05, 3.63) is 157 Å². The second-order valence-electron chi connectivity index (χ2n) is 10.2. The van der Waals surface area contributed by atoms with E-state index in [0.29, 0.717) is 27.9 Å². The molecular weight excluding hydrogens is 580 g/mol. The molecule has 1 aromatic heterocycles. The van der Waals surface area contributed by atoms with Crippen molar-refractivity contribution < 1.29 is 14.3 Å². The fourth-order valence-electron chi connectivity index (χ4n) is 5.06. The number of rotatable bonds is 9. The Balaban J connectivity index is 1.52. The number of hydrogen-bond donors (Lipinski definition) is 0. The van der Waals surface area contributed by atoms with Gasteiger partial charge in [0.1, 0.15) is 17.2 Å². The molecule has 0 fully saturated rings. The van der Waals surface area contributed by atoms with Crippen molar-refractivity contribution in [1.82, 2.24) is 9.13 Å². The number of oxime groups is 1. The van der Waals surface area contributed by atoms with Crippen molar-refractivity contribution in [2.24, 2.45) is 5.16 Å². The van der Waals surface area contributed by atoms with Crippen LogP contribution in [0.5, 0.6) is 11.5 Å². The van der Waals surface area contributed by atoms with Crippen LogP contribution in [0.3, 0.4) is 0 Å². The van der Waals surface area contributed by atoms with Gasteiger partial charge in [0.15, 0.2) is 5.84 Å². The Hall–Kier alpha value is -5.28. The molecule has 9 nitrogen and oxygen atoms in total. The first-order valence-corrected chi connectivity index (χ1v) is 14.3. The first-order chi connectivity index (χ1) is 21.4. The van der Waals surface area contributed by atoms with E-state index in [9.17, 15) is 9.59 Å². The Labute approximate surface area is 258 Å². The molecule has 0 saturated carbocycles. The fraction of sp³-hybridized carbons (Fsp3) is 0.147. The highest BCUT2D eigenvalue weighted by Crippen LogP contribution is 2.34. The normalized spacial score (nSPS) is 14.2. The zero-order valence-electron chi connectivity index (χ0n) is 24.1. The Morgan fingerprint density at radius 2 is 1.36 bits per heavy atom. The second-order valence-corrected chi connectivity index (χ2v) is 10.6. The number of halogens is 1. The average molecular weight is 609 g/mol. The van der Waals surface area contributed by atoms with Crippen LogP contribution in [0, 0.1) is 0 Å². The molecule has 1 atom stereocenters. The lowest BCUT2D eigenvalue weighted by Gasteiger charge is -2.26. The van der Waals surface area contributed by atoms with Crippen molar-refractivity contribution in [2.45, 2.75) is 19.3 Å². The Kier molecular flexibility index (Phi) is 8.21. The molecule has 0 radical (unpaired) electrons. The van der Waals surface area contributed by atoms with Crippen molar-refractivity contribution in [2.75, 3.05) is 19.1 Å². The fourth-order valence-corrected chi connectivity index (χ4v) is 5.18. The highest BCUT2D eigenvalue weighted by molar-refractivity contribution is 6.30. The summed E-state index contributed by atoms with van der Waals surface area (Å²) in [6.07, 6.45) is 0.825. The molecule has 1 unspecified atom stereocenters. The predicted molar refractivity (Wildman–Crippen MR) is 170 cm³/mol. The van der Waals surface area contributed by atoms with Crippen LogP contribution in [0.1, 0.15) is 28.5 Å². The molecule has 222 valence electrons. The van der Waals surface area contributed by atoms with Gasteiger partial charge in [-0.2, -0.15) is 0 Å². The minimum atomic E-state index is -0.754. The summed E-state index contributed by atoms with van der Waals surface area (Å²) in [5, 5.41) is 4.98. The molecule has 1 aliphatic rings. The van der Waals surface area contributed by atoms with E-state index in [4.69, 9.17) is 25.9 Å². The summed E-state index contributed by atoms with van der Waals surface area (Å²) < 4.78 is 13.3. The third-order valence-corrected chi connectivity index (χ3v) is 7.63. The average Bonchev–Trinajstić information content (AvgIpc) is 3.50. The first-order valence-electron chi connectivity index (χ1n) is 13.9. The van der Waals surface area contributed by atoms with Gasteiger partial charge in [-0.25, -0.2) is 4.79 Å². The quantitative estimate of drug-likeness (QED) is 0.214. The van der Waals surface area contributed by atoms with Crippen molar-refractivity contribution >= 4 is 23.1 Å². The number of benzene rings is 4. The van der Waals surface area contributed by atoms with Gasteiger partial charge in [0.05, 0.1) is 27.3 Å². The molecule has 0 N–H and O–H groups in total. The van der Waals surface area contributed by atoms with Crippen molar-refractivity contribution in [1.29, 1.82) is 0 Å². The Morgan fingerprint density at radius 3 is 1.95 bits per heavy atom. The summed E-state index contributed by atoms with van der Waals surface area (Å²) in [7, 11) is 3.18. The van der Waals surface area contributed by atoms with Gasteiger partial charge in [-0.3, -0.25) is 18.8 Å². The molecule has 0 amide bonds. The summed E-state index contributed by atoms with van der Waals surface area (Å²) in [4.78, 5) is 36.0. The molecule has 6 rings (SSSR count). The number of methoxy groups -OCH3 is 2. The van der Waals surface area contributed by atoms with Crippen LogP contribution >= 0.6 is 11.6 Å². The Bertz CT molecular complexity index is 1900. The smallest absolute Gasteiger partial charge is 0.331 e. The van der Waals surface area contributed by atoms with Gasteiger partial charge in [0, 0.05) is 22.3 Å². The van der Waals surface area contributed by atoms with Crippen LogP contribution in [-0.4, -0.2) is 29.2 Å². The molecular formula is C34H29ClN4O5. The van der Waals surface area contributed by atoms with Crippen LogP contribution < -0.4 is 25.6 Å². The third kappa shape index (κ3) is 5.82. The zero-order valence-corrected chi connectivity index (χ0v) is 24.8. The molecule has 2 heterocycles. The van der Waals surface area contributed by atoms with E-state index < -0.39 is 17.5 Å². The summed E-state index contributed by atoms with van der Waals surface area (Å²) in [6.45, 7) is 0.271. The largest absolute Gasteiger partial charge is 0.497 e. The topological polar surface area (TPSA) is 87.3 Å². The SMILES string of the molecule is COc1ccc(Cn2cc(N3C(c4ccc(Cl)cc4)=NOC3c3ccccc3)c(=O)n(Cc3ccc(OC)cc3)c2=O)cc1. The molecule has 10 heteroatoms.